The van der Waals surface area contributed by atoms with E-state index >= 15 is 0 Å². The molecule has 8 heteroatoms. The van der Waals surface area contributed by atoms with Crippen LogP contribution in [0.3, 0.4) is 0 Å². The lowest BCUT2D eigenvalue weighted by Crippen LogP contribution is -2.41. The zero-order chi connectivity index (χ0) is 17.8. The molecule has 0 aliphatic carbocycles. The van der Waals surface area contributed by atoms with E-state index in [1.807, 2.05) is 12.3 Å². The predicted molar refractivity (Wildman–Crippen MR) is 87.8 cm³/mol. The number of ether oxygens (including phenoxy) is 1. The Morgan fingerprint density at radius 1 is 1.32 bits per heavy atom. The predicted octanol–water partition coefficient (Wildman–Crippen LogP) is 1.03. The normalized spacial score (nSPS) is 14.9. The number of aromatic nitrogens is 2. The van der Waals surface area contributed by atoms with E-state index in [0.717, 1.165) is 10.5 Å². The quantitative estimate of drug-likeness (QED) is 0.819. The first-order valence-corrected chi connectivity index (χ1v) is 7.91. The van der Waals surface area contributed by atoms with Crippen LogP contribution in [0, 0.1) is 0 Å². The molecule has 0 bridgehead atoms. The van der Waals surface area contributed by atoms with Crippen LogP contribution in [-0.2, 0) is 16.1 Å². The molecule has 1 aromatic carbocycles. The van der Waals surface area contributed by atoms with Crippen LogP contribution in [0.15, 0.2) is 42.7 Å². The summed E-state index contributed by atoms with van der Waals surface area (Å²) < 4.78 is 6.95. The van der Waals surface area contributed by atoms with Gasteiger partial charge in [-0.05, 0) is 30.7 Å². The number of nitrogens with one attached hydrogen (secondary N) is 1. The molecule has 2 aromatic rings. The van der Waals surface area contributed by atoms with Crippen LogP contribution >= 0.6 is 0 Å². The molecule has 2 heterocycles. The third-order valence-electron chi connectivity index (χ3n) is 3.85. The van der Waals surface area contributed by atoms with Gasteiger partial charge in [-0.1, -0.05) is 12.1 Å². The Hall–Kier alpha value is -3.16. The first-order chi connectivity index (χ1) is 12.0. The van der Waals surface area contributed by atoms with Crippen molar-refractivity contribution < 1.29 is 19.1 Å². The lowest BCUT2D eigenvalue weighted by molar-refractivity contribution is -0.136. The second-order valence-corrected chi connectivity index (χ2v) is 5.67. The maximum atomic E-state index is 12.2. The molecule has 0 radical (unpaired) electrons. The minimum absolute atomic E-state index is 0.279. The molecule has 0 spiro atoms. The van der Waals surface area contributed by atoms with Crippen LogP contribution in [0.4, 0.5) is 4.79 Å². The lowest BCUT2D eigenvalue weighted by Gasteiger charge is -2.18. The Morgan fingerprint density at radius 2 is 2.08 bits per heavy atom. The van der Waals surface area contributed by atoms with E-state index in [1.165, 1.54) is 6.92 Å². The molecule has 3 amide bonds. The molecule has 130 valence electrons. The first-order valence-electron chi connectivity index (χ1n) is 7.91. The summed E-state index contributed by atoms with van der Waals surface area (Å²) in [5, 5.41) is 6.66. The molecule has 1 aliphatic heterocycles. The molecular weight excluding hydrogens is 324 g/mol. The fraction of sp³-hybridized carbons (Fsp3) is 0.294. The molecule has 1 N–H and O–H groups in total. The topological polar surface area (TPSA) is 93.5 Å². The Kier molecular flexibility index (Phi) is 4.78. The second-order valence-electron chi connectivity index (χ2n) is 5.67. The van der Waals surface area contributed by atoms with Crippen LogP contribution in [0.25, 0.3) is 0 Å². The number of esters is 1. The van der Waals surface area contributed by atoms with E-state index in [-0.39, 0.29) is 6.54 Å². The molecule has 25 heavy (non-hydrogen) atoms. The third kappa shape index (κ3) is 3.85. The average molecular weight is 342 g/mol. The van der Waals surface area contributed by atoms with Crippen molar-refractivity contribution in [1.82, 2.24) is 20.0 Å². The van der Waals surface area contributed by atoms with Gasteiger partial charge in [-0.25, -0.2) is 9.59 Å². The number of imide groups is 1. The summed E-state index contributed by atoms with van der Waals surface area (Å²) >= 11 is 0. The summed E-state index contributed by atoms with van der Waals surface area (Å²) in [5.74, 6) is -1.13. The summed E-state index contributed by atoms with van der Waals surface area (Å²) in [6.07, 6.45) is 2.52. The van der Waals surface area contributed by atoms with Gasteiger partial charge in [-0.2, -0.15) is 5.10 Å². The molecule has 1 aliphatic rings. The van der Waals surface area contributed by atoms with Crippen molar-refractivity contribution in [3.63, 3.8) is 0 Å². The summed E-state index contributed by atoms with van der Waals surface area (Å²) in [5.41, 5.74) is 1.33. The minimum atomic E-state index is -1.03. The van der Waals surface area contributed by atoms with Gasteiger partial charge < -0.3 is 10.1 Å². The highest BCUT2D eigenvalue weighted by molar-refractivity contribution is 5.99. The summed E-state index contributed by atoms with van der Waals surface area (Å²) in [7, 11) is 0. The van der Waals surface area contributed by atoms with Crippen molar-refractivity contribution in [3.8, 4) is 0 Å². The highest BCUT2D eigenvalue weighted by atomic mass is 16.5. The van der Waals surface area contributed by atoms with Crippen LogP contribution < -0.4 is 5.32 Å². The van der Waals surface area contributed by atoms with Crippen molar-refractivity contribution in [2.45, 2.75) is 19.6 Å². The number of rotatable bonds is 5. The third-order valence-corrected chi connectivity index (χ3v) is 3.85. The number of benzene rings is 1. The summed E-state index contributed by atoms with van der Waals surface area (Å²) in [6, 6.07) is 8.26. The smallest absolute Gasteiger partial charge is 0.338 e. The van der Waals surface area contributed by atoms with Crippen molar-refractivity contribution in [2.75, 3.05) is 13.1 Å². The average Bonchev–Trinajstić information content (AvgIpc) is 3.26. The Balaban J connectivity index is 1.59. The molecule has 3 rings (SSSR count). The number of hydrogen-bond acceptors (Lipinski definition) is 5. The van der Waals surface area contributed by atoms with E-state index in [2.05, 4.69) is 10.4 Å². The lowest BCUT2D eigenvalue weighted by atomic mass is 10.1. The minimum Gasteiger partial charge on any atom is -0.449 e. The number of carbonyl (C=O) groups is 3. The van der Waals surface area contributed by atoms with Crippen molar-refractivity contribution >= 4 is 17.9 Å². The Labute approximate surface area is 144 Å². The van der Waals surface area contributed by atoms with E-state index in [0.29, 0.717) is 18.7 Å². The summed E-state index contributed by atoms with van der Waals surface area (Å²) in [6.45, 7) is 2.74. The summed E-state index contributed by atoms with van der Waals surface area (Å²) in [4.78, 5) is 36.8. The molecule has 8 nitrogen and oxygen atoms in total. The van der Waals surface area contributed by atoms with E-state index in [4.69, 9.17) is 4.74 Å². The van der Waals surface area contributed by atoms with Crippen molar-refractivity contribution in [3.05, 3.63) is 53.9 Å². The Morgan fingerprint density at radius 3 is 2.68 bits per heavy atom. The van der Waals surface area contributed by atoms with Gasteiger partial charge >= 0.3 is 12.0 Å². The largest absolute Gasteiger partial charge is 0.449 e. The first kappa shape index (κ1) is 16.7. The van der Waals surface area contributed by atoms with Crippen LogP contribution in [0.5, 0.6) is 0 Å². The van der Waals surface area contributed by atoms with Gasteiger partial charge in [-0.3, -0.25) is 14.4 Å². The van der Waals surface area contributed by atoms with Gasteiger partial charge in [0.2, 0.25) is 0 Å². The highest BCUT2D eigenvalue weighted by Crippen LogP contribution is 2.10. The highest BCUT2D eigenvalue weighted by Gasteiger charge is 2.31. The van der Waals surface area contributed by atoms with Gasteiger partial charge in [-0.15, -0.1) is 0 Å². The van der Waals surface area contributed by atoms with Crippen molar-refractivity contribution in [1.29, 1.82) is 0 Å². The zero-order valence-corrected chi connectivity index (χ0v) is 13.7. The Bertz CT molecular complexity index is 770. The van der Waals surface area contributed by atoms with Gasteiger partial charge in [0, 0.05) is 25.5 Å². The number of carbonyl (C=O) groups excluding carboxylic acids is 3. The molecule has 1 aromatic heterocycles. The standard InChI is InChI=1S/C17H18N4O4/c1-12(15(22)21-10-8-18-17(21)24)25-16(23)14-5-3-13(4-6-14)11-20-9-2-7-19-20/h2-7,9,12H,8,10-11H2,1H3,(H,18,24). The number of amides is 3. The SMILES string of the molecule is CC(OC(=O)c1ccc(Cn2cccn2)cc1)C(=O)N1CCNC1=O. The van der Waals surface area contributed by atoms with Crippen LogP contribution in [0.2, 0.25) is 0 Å². The van der Waals surface area contributed by atoms with E-state index in [9.17, 15) is 14.4 Å². The molecule has 0 saturated carbocycles. The number of hydrogen-bond donors (Lipinski definition) is 1. The monoisotopic (exact) mass is 342 g/mol. The molecular formula is C17H18N4O4. The molecule has 1 atom stereocenters. The fourth-order valence-electron chi connectivity index (χ4n) is 2.51. The van der Waals surface area contributed by atoms with Gasteiger partial charge in [0.05, 0.1) is 12.1 Å². The zero-order valence-electron chi connectivity index (χ0n) is 13.7. The van der Waals surface area contributed by atoms with Crippen LogP contribution in [0.1, 0.15) is 22.8 Å². The van der Waals surface area contributed by atoms with Crippen molar-refractivity contribution in [2.24, 2.45) is 0 Å². The molecule has 1 unspecified atom stereocenters. The van der Waals surface area contributed by atoms with Gasteiger partial charge in [0.15, 0.2) is 6.10 Å². The fourth-order valence-corrected chi connectivity index (χ4v) is 2.51. The van der Waals surface area contributed by atoms with Gasteiger partial charge in [0.1, 0.15) is 0 Å². The molecule has 1 fully saturated rings. The van der Waals surface area contributed by atoms with Gasteiger partial charge in [0.25, 0.3) is 5.91 Å². The second kappa shape index (κ2) is 7.16. The number of nitrogens with zero attached hydrogens (tertiary/aromatic N) is 3. The molecule has 1 saturated heterocycles. The van der Waals surface area contributed by atoms with E-state index in [1.54, 1.807) is 35.1 Å². The van der Waals surface area contributed by atoms with E-state index < -0.39 is 24.0 Å². The number of urea groups is 1. The maximum Gasteiger partial charge on any atom is 0.338 e. The van der Waals surface area contributed by atoms with Crippen LogP contribution in [-0.4, -0.2) is 51.8 Å². The maximum absolute atomic E-state index is 12.2.